The van der Waals surface area contributed by atoms with Crippen molar-refractivity contribution in [3.05, 3.63) is 34.9 Å². The number of likely N-dealkylation sites (tertiary alicyclic amines) is 1. The van der Waals surface area contributed by atoms with Crippen LogP contribution in [0.3, 0.4) is 0 Å². The highest BCUT2D eigenvalue weighted by molar-refractivity contribution is 6.33. The molecule has 0 bridgehead atoms. The van der Waals surface area contributed by atoms with Crippen LogP contribution in [0.4, 0.5) is 0 Å². The Balaban J connectivity index is 1.88. The monoisotopic (exact) mass is 350 g/mol. The fraction of sp³-hybridized carbons (Fsp3) is 0.556. The molecule has 0 saturated carbocycles. The smallest absolute Gasteiger partial charge is 0.255 e. The number of nitrogens with zero attached hydrogens (tertiary/aromatic N) is 2. The highest BCUT2D eigenvalue weighted by atomic mass is 35.5. The Morgan fingerprint density at radius 2 is 1.92 bits per heavy atom. The lowest BCUT2D eigenvalue weighted by Crippen LogP contribution is -2.44. The molecule has 24 heavy (non-hydrogen) atoms. The van der Waals surface area contributed by atoms with Gasteiger partial charge in [0.15, 0.2) is 0 Å². The van der Waals surface area contributed by atoms with E-state index in [4.69, 9.17) is 16.3 Å². The van der Waals surface area contributed by atoms with Crippen LogP contribution in [0.2, 0.25) is 5.02 Å². The third kappa shape index (κ3) is 3.03. The van der Waals surface area contributed by atoms with Gasteiger partial charge in [0.25, 0.3) is 5.91 Å². The maximum Gasteiger partial charge on any atom is 0.255 e. The Kier molecular flexibility index (Phi) is 4.83. The summed E-state index contributed by atoms with van der Waals surface area (Å²) in [6, 6.07) is 7.07. The summed E-state index contributed by atoms with van der Waals surface area (Å²) in [5.41, 5.74) is 0.315. The number of carbonyl (C=O) groups is 2. The highest BCUT2D eigenvalue weighted by Crippen LogP contribution is 2.45. The maximum absolute atomic E-state index is 12.9. The lowest BCUT2D eigenvalue weighted by molar-refractivity contribution is -0.138. The molecule has 0 radical (unpaired) electrons. The maximum atomic E-state index is 12.9. The summed E-state index contributed by atoms with van der Waals surface area (Å²) >= 11 is 6.18. The number of rotatable bonds is 2. The van der Waals surface area contributed by atoms with Crippen molar-refractivity contribution >= 4 is 23.4 Å². The molecule has 0 N–H and O–H groups in total. The van der Waals surface area contributed by atoms with Gasteiger partial charge in [0, 0.05) is 45.8 Å². The summed E-state index contributed by atoms with van der Waals surface area (Å²) < 4.78 is 5.49. The summed E-state index contributed by atoms with van der Waals surface area (Å²) in [6.07, 6.45) is 1.62. The first-order valence-electron chi connectivity index (χ1n) is 8.27. The average Bonchev–Trinajstić information content (AvgIpc) is 2.93. The number of ether oxygens (including phenoxy) is 1. The summed E-state index contributed by atoms with van der Waals surface area (Å²) in [5.74, 6) is -0.185. The molecule has 6 heteroatoms. The van der Waals surface area contributed by atoms with Gasteiger partial charge in [-0.15, -0.1) is 0 Å². The number of halogens is 1. The quantitative estimate of drug-likeness (QED) is 0.822. The van der Waals surface area contributed by atoms with E-state index in [0.717, 1.165) is 12.8 Å². The van der Waals surface area contributed by atoms with E-state index >= 15 is 0 Å². The van der Waals surface area contributed by atoms with E-state index < -0.39 is 0 Å². The Hall–Kier alpha value is -1.59. The van der Waals surface area contributed by atoms with Crippen molar-refractivity contribution in [3.8, 4) is 0 Å². The largest absolute Gasteiger partial charge is 0.381 e. The van der Waals surface area contributed by atoms with Crippen LogP contribution < -0.4 is 0 Å². The molecule has 130 valence electrons. The number of carbonyl (C=O) groups excluding carboxylic acids is 2. The van der Waals surface area contributed by atoms with Gasteiger partial charge in [-0.1, -0.05) is 23.7 Å². The van der Waals surface area contributed by atoms with Gasteiger partial charge in [-0.05, 0) is 25.0 Å². The van der Waals surface area contributed by atoms with Crippen LogP contribution in [0.1, 0.15) is 23.2 Å². The molecule has 1 aromatic rings. The average molecular weight is 351 g/mol. The first kappa shape index (κ1) is 17.2. The Labute approximate surface area is 147 Å². The Morgan fingerprint density at radius 3 is 2.54 bits per heavy atom. The van der Waals surface area contributed by atoms with Gasteiger partial charge in [-0.25, -0.2) is 0 Å². The van der Waals surface area contributed by atoms with E-state index in [1.165, 1.54) is 0 Å². The molecule has 3 rings (SSSR count). The molecule has 2 amide bonds. The standard InChI is InChI=1S/C18H23ClN2O3/c1-20(2)17(23)14-11-21(12-18(14)7-9-24-10-8-18)16(22)13-5-3-4-6-15(13)19/h3-6,14H,7-12H2,1-2H3. The summed E-state index contributed by atoms with van der Waals surface area (Å²) in [4.78, 5) is 29.0. The molecule has 5 nitrogen and oxygen atoms in total. The van der Waals surface area contributed by atoms with Gasteiger partial charge >= 0.3 is 0 Å². The van der Waals surface area contributed by atoms with Crippen molar-refractivity contribution in [2.75, 3.05) is 40.4 Å². The Bertz CT molecular complexity index is 641. The highest BCUT2D eigenvalue weighted by Gasteiger charge is 2.52. The van der Waals surface area contributed by atoms with Crippen LogP contribution in [0.25, 0.3) is 0 Å². The molecule has 2 aliphatic heterocycles. The molecule has 0 aromatic heterocycles. The minimum absolute atomic E-state index is 0.0892. The molecule has 2 heterocycles. The van der Waals surface area contributed by atoms with Gasteiger partial charge in [0.2, 0.25) is 5.91 Å². The van der Waals surface area contributed by atoms with Gasteiger partial charge in [-0.2, -0.15) is 0 Å². The van der Waals surface area contributed by atoms with Crippen molar-refractivity contribution in [3.63, 3.8) is 0 Å². The third-order valence-corrected chi connectivity index (χ3v) is 5.60. The van der Waals surface area contributed by atoms with Crippen LogP contribution >= 0.6 is 11.6 Å². The summed E-state index contributed by atoms with van der Waals surface area (Å²) in [5, 5.41) is 0.450. The van der Waals surface area contributed by atoms with Crippen molar-refractivity contribution in [2.45, 2.75) is 12.8 Å². The normalized spacial score (nSPS) is 22.6. The first-order valence-corrected chi connectivity index (χ1v) is 8.65. The van der Waals surface area contributed by atoms with E-state index in [0.29, 0.717) is 36.9 Å². The molecule has 2 saturated heterocycles. The second-order valence-electron chi connectivity index (χ2n) is 6.93. The van der Waals surface area contributed by atoms with Crippen molar-refractivity contribution < 1.29 is 14.3 Å². The molecule has 1 unspecified atom stereocenters. The lowest BCUT2D eigenvalue weighted by Gasteiger charge is -2.37. The number of hydrogen-bond donors (Lipinski definition) is 0. The van der Waals surface area contributed by atoms with Crippen molar-refractivity contribution in [1.82, 2.24) is 9.80 Å². The minimum Gasteiger partial charge on any atom is -0.381 e. The topological polar surface area (TPSA) is 49.9 Å². The third-order valence-electron chi connectivity index (χ3n) is 5.27. The molecule has 0 aliphatic carbocycles. The van der Waals surface area contributed by atoms with Crippen LogP contribution in [-0.4, -0.2) is 62.0 Å². The zero-order chi connectivity index (χ0) is 17.3. The SMILES string of the molecule is CN(C)C(=O)C1CN(C(=O)c2ccccc2Cl)CC12CCOCC2. The van der Waals surface area contributed by atoms with E-state index in [2.05, 4.69) is 0 Å². The second-order valence-corrected chi connectivity index (χ2v) is 7.33. The Morgan fingerprint density at radius 1 is 1.25 bits per heavy atom. The molecule has 1 aromatic carbocycles. The minimum atomic E-state index is -0.184. The van der Waals surface area contributed by atoms with E-state index in [1.54, 1.807) is 42.1 Å². The number of amides is 2. The predicted octanol–water partition coefficient (Wildman–Crippen LogP) is 2.30. The zero-order valence-corrected chi connectivity index (χ0v) is 14.9. The second kappa shape index (κ2) is 6.73. The molecule has 2 fully saturated rings. The van der Waals surface area contributed by atoms with Crippen LogP contribution in [0.15, 0.2) is 24.3 Å². The zero-order valence-electron chi connectivity index (χ0n) is 14.1. The van der Waals surface area contributed by atoms with Gasteiger partial charge < -0.3 is 14.5 Å². The van der Waals surface area contributed by atoms with Gasteiger partial charge in [0.1, 0.15) is 0 Å². The summed E-state index contributed by atoms with van der Waals surface area (Å²) in [7, 11) is 3.54. The van der Waals surface area contributed by atoms with E-state index in [9.17, 15) is 9.59 Å². The molecular formula is C18H23ClN2O3. The van der Waals surface area contributed by atoms with Crippen LogP contribution in [-0.2, 0) is 9.53 Å². The predicted molar refractivity (Wildman–Crippen MR) is 92.0 cm³/mol. The van der Waals surface area contributed by atoms with Gasteiger partial charge in [0.05, 0.1) is 16.5 Å². The lowest BCUT2D eigenvalue weighted by atomic mass is 9.71. The summed E-state index contributed by atoms with van der Waals surface area (Å²) in [6.45, 7) is 2.32. The molecule has 1 spiro atoms. The molecule has 2 aliphatic rings. The van der Waals surface area contributed by atoms with Crippen molar-refractivity contribution in [1.29, 1.82) is 0 Å². The molecule has 1 atom stereocenters. The fourth-order valence-electron chi connectivity index (χ4n) is 3.86. The van der Waals surface area contributed by atoms with Gasteiger partial charge in [-0.3, -0.25) is 9.59 Å². The van der Waals surface area contributed by atoms with Crippen molar-refractivity contribution in [2.24, 2.45) is 11.3 Å². The van der Waals surface area contributed by atoms with Crippen LogP contribution in [0.5, 0.6) is 0 Å². The number of hydrogen-bond acceptors (Lipinski definition) is 3. The molecular weight excluding hydrogens is 328 g/mol. The van der Waals surface area contributed by atoms with E-state index in [-0.39, 0.29) is 23.1 Å². The first-order chi connectivity index (χ1) is 11.4. The van der Waals surface area contributed by atoms with E-state index in [1.807, 2.05) is 6.07 Å². The number of benzene rings is 1. The van der Waals surface area contributed by atoms with Crippen LogP contribution in [0, 0.1) is 11.3 Å². The fourth-order valence-corrected chi connectivity index (χ4v) is 4.08.